The van der Waals surface area contributed by atoms with Crippen LogP contribution in [0.15, 0.2) is 55.0 Å². The normalized spacial score (nSPS) is 16.8. The van der Waals surface area contributed by atoms with Crippen molar-refractivity contribution in [3.8, 4) is 0 Å². The Hall–Kier alpha value is -3.15. The van der Waals surface area contributed by atoms with Crippen molar-refractivity contribution in [2.45, 2.75) is 12.5 Å². The van der Waals surface area contributed by atoms with Gasteiger partial charge in [0, 0.05) is 31.7 Å². The SMILES string of the molecule is O=C(O)C1CN(C(=O)c2ccc3nccn3c2)Cc2ccccc21. The minimum Gasteiger partial charge on any atom is -0.481 e. The summed E-state index contributed by atoms with van der Waals surface area (Å²) >= 11 is 0. The van der Waals surface area contributed by atoms with Gasteiger partial charge in [-0.1, -0.05) is 24.3 Å². The number of hydrogen-bond donors (Lipinski definition) is 1. The van der Waals surface area contributed by atoms with Crippen LogP contribution in [0, 0.1) is 0 Å². The summed E-state index contributed by atoms with van der Waals surface area (Å²) in [4.78, 5) is 30.2. The van der Waals surface area contributed by atoms with E-state index >= 15 is 0 Å². The number of fused-ring (bicyclic) bond motifs is 2. The molecule has 0 bridgehead atoms. The molecule has 0 fully saturated rings. The fraction of sp³-hybridized carbons (Fsp3) is 0.167. The van der Waals surface area contributed by atoms with Crippen molar-refractivity contribution in [3.05, 3.63) is 71.7 Å². The molecule has 0 saturated heterocycles. The number of carboxylic acids is 1. The van der Waals surface area contributed by atoms with Gasteiger partial charge in [-0.05, 0) is 23.3 Å². The molecule has 1 atom stereocenters. The fourth-order valence-electron chi connectivity index (χ4n) is 3.20. The van der Waals surface area contributed by atoms with Gasteiger partial charge in [-0.3, -0.25) is 9.59 Å². The molecule has 3 aromatic rings. The van der Waals surface area contributed by atoms with Crippen LogP contribution in [0.4, 0.5) is 0 Å². The molecule has 0 saturated carbocycles. The van der Waals surface area contributed by atoms with Gasteiger partial charge in [-0.2, -0.15) is 0 Å². The van der Waals surface area contributed by atoms with E-state index in [1.165, 1.54) is 0 Å². The van der Waals surface area contributed by atoms with E-state index < -0.39 is 11.9 Å². The molecule has 1 aromatic carbocycles. The van der Waals surface area contributed by atoms with Crippen molar-refractivity contribution in [2.75, 3.05) is 6.54 Å². The molecular formula is C18H15N3O3. The maximum absolute atomic E-state index is 12.8. The highest BCUT2D eigenvalue weighted by Crippen LogP contribution is 2.29. The zero-order chi connectivity index (χ0) is 16.7. The standard InChI is InChI=1S/C18H15N3O3/c22-17(13-5-6-16-19-7-8-20(16)10-13)21-9-12-3-1-2-4-14(12)15(11-21)18(23)24/h1-8,10,15H,9,11H2,(H,23,24). The Labute approximate surface area is 138 Å². The first-order valence-corrected chi connectivity index (χ1v) is 7.66. The molecule has 1 amide bonds. The summed E-state index contributed by atoms with van der Waals surface area (Å²) in [5.74, 6) is -1.78. The minimum absolute atomic E-state index is 0.174. The Morgan fingerprint density at radius 1 is 1.17 bits per heavy atom. The Kier molecular flexibility index (Phi) is 3.30. The van der Waals surface area contributed by atoms with Gasteiger partial charge in [0.15, 0.2) is 0 Å². The Bertz CT molecular complexity index is 947. The predicted molar refractivity (Wildman–Crippen MR) is 86.8 cm³/mol. The number of amides is 1. The summed E-state index contributed by atoms with van der Waals surface area (Å²) in [5.41, 5.74) is 2.95. The zero-order valence-electron chi connectivity index (χ0n) is 12.8. The van der Waals surface area contributed by atoms with Crippen LogP contribution in [0.25, 0.3) is 5.65 Å². The van der Waals surface area contributed by atoms with Crippen molar-refractivity contribution in [3.63, 3.8) is 0 Å². The van der Waals surface area contributed by atoms with Crippen LogP contribution in [-0.4, -0.2) is 37.8 Å². The molecular weight excluding hydrogens is 306 g/mol. The lowest BCUT2D eigenvalue weighted by atomic mass is 9.89. The second kappa shape index (κ2) is 5.49. The highest BCUT2D eigenvalue weighted by molar-refractivity contribution is 5.95. The summed E-state index contributed by atoms with van der Waals surface area (Å²) < 4.78 is 1.78. The number of pyridine rings is 1. The molecule has 0 radical (unpaired) electrons. The van der Waals surface area contributed by atoms with E-state index in [2.05, 4.69) is 4.98 Å². The van der Waals surface area contributed by atoms with Gasteiger partial charge in [-0.25, -0.2) is 4.98 Å². The highest BCUT2D eigenvalue weighted by atomic mass is 16.4. The lowest BCUT2D eigenvalue weighted by molar-refractivity contribution is -0.139. The molecule has 4 rings (SSSR count). The molecule has 1 N–H and O–H groups in total. The van der Waals surface area contributed by atoms with Crippen molar-refractivity contribution in [1.82, 2.24) is 14.3 Å². The third kappa shape index (κ3) is 2.32. The largest absolute Gasteiger partial charge is 0.481 e. The number of benzene rings is 1. The average molecular weight is 321 g/mol. The molecule has 0 spiro atoms. The van der Waals surface area contributed by atoms with Crippen LogP contribution >= 0.6 is 0 Å². The number of carboxylic acid groups (broad SMARTS) is 1. The highest BCUT2D eigenvalue weighted by Gasteiger charge is 2.32. The molecule has 0 aliphatic carbocycles. The van der Waals surface area contributed by atoms with Gasteiger partial charge in [0.2, 0.25) is 0 Å². The van der Waals surface area contributed by atoms with Crippen molar-refractivity contribution in [2.24, 2.45) is 0 Å². The number of carbonyl (C=O) groups is 2. The summed E-state index contributed by atoms with van der Waals surface area (Å²) in [7, 11) is 0. The number of nitrogens with zero attached hydrogens (tertiary/aromatic N) is 3. The maximum atomic E-state index is 12.8. The average Bonchev–Trinajstić information content (AvgIpc) is 3.07. The first kappa shape index (κ1) is 14.4. The Morgan fingerprint density at radius 3 is 2.83 bits per heavy atom. The van der Waals surface area contributed by atoms with Crippen LogP contribution in [0.1, 0.15) is 27.4 Å². The number of aromatic nitrogens is 2. The molecule has 24 heavy (non-hydrogen) atoms. The van der Waals surface area contributed by atoms with Crippen LogP contribution in [0.5, 0.6) is 0 Å². The quantitative estimate of drug-likeness (QED) is 0.785. The topological polar surface area (TPSA) is 74.9 Å². The number of carbonyl (C=O) groups excluding carboxylic acids is 1. The van der Waals surface area contributed by atoms with E-state index in [0.29, 0.717) is 12.1 Å². The van der Waals surface area contributed by atoms with Crippen molar-refractivity contribution >= 4 is 17.5 Å². The molecule has 1 aliphatic rings. The van der Waals surface area contributed by atoms with Crippen LogP contribution in [0.3, 0.4) is 0 Å². The van der Waals surface area contributed by atoms with E-state index in [1.54, 1.807) is 40.0 Å². The predicted octanol–water partition coefficient (Wildman–Crippen LogP) is 2.16. The van der Waals surface area contributed by atoms with Crippen LogP contribution in [0.2, 0.25) is 0 Å². The first-order chi connectivity index (χ1) is 11.6. The van der Waals surface area contributed by atoms with Crippen molar-refractivity contribution in [1.29, 1.82) is 0 Å². The van der Waals surface area contributed by atoms with E-state index in [0.717, 1.165) is 16.8 Å². The molecule has 1 unspecified atom stereocenters. The van der Waals surface area contributed by atoms with Gasteiger partial charge in [0.25, 0.3) is 5.91 Å². The number of rotatable bonds is 2. The van der Waals surface area contributed by atoms with Gasteiger partial charge in [-0.15, -0.1) is 0 Å². The van der Waals surface area contributed by atoms with E-state index in [-0.39, 0.29) is 12.5 Å². The summed E-state index contributed by atoms with van der Waals surface area (Å²) in [5, 5.41) is 9.52. The number of hydrogen-bond acceptors (Lipinski definition) is 3. The van der Waals surface area contributed by atoms with E-state index in [1.807, 2.05) is 24.3 Å². The Balaban J connectivity index is 1.69. The smallest absolute Gasteiger partial charge is 0.312 e. The van der Waals surface area contributed by atoms with Gasteiger partial charge < -0.3 is 14.4 Å². The van der Waals surface area contributed by atoms with E-state index in [4.69, 9.17) is 0 Å². The summed E-state index contributed by atoms with van der Waals surface area (Å²) in [6.45, 7) is 0.591. The minimum atomic E-state index is -0.912. The molecule has 3 heterocycles. The Morgan fingerprint density at radius 2 is 2.00 bits per heavy atom. The first-order valence-electron chi connectivity index (χ1n) is 7.66. The van der Waals surface area contributed by atoms with Gasteiger partial charge in [0.05, 0.1) is 11.5 Å². The van der Waals surface area contributed by atoms with Crippen LogP contribution in [-0.2, 0) is 11.3 Å². The van der Waals surface area contributed by atoms with Gasteiger partial charge in [0.1, 0.15) is 5.65 Å². The molecule has 120 valence electrons. The molecule has 1 aliphatic heterocycles. The molecule has 6 heteroatoms. The monoisotopic (exact) mass is 321 g/mol. The molecule has 6 nitrogen and oxygen atoms in total. The second-order valence-corrected chi connectivity index (χ2v) is 5.89. The summed E-state index contributed by atoms with van der Waals surface area (Å²) in [6, 6.07) is 10.9. The lowest BCUT2D eigenvalue weighted by Gasteiger charge is -2.32. The number of imidazole rings is 1. The number of aliphatic carboxylic acids is 1. The van der Waals surface area contributed by atoms with Gasteiger partial charge >= 0.3 is 5.97 Å². The third-order valence-corrected chi connectivity index (χ3v) is 4.42. The van der Waals surface area contributed by atoms with E-state index in [9.17, 15) is 14.7 Å². The maximum Gasteiger partial charge on any atom is 0.312 e. The summed E-state index contributed by atoms with van der Waals surface area (Å²) in [6.07, 6.45) is 5.17. The van der Waals surface area contributed by atoms with Crippen LogP contribution < -0.4 is 0 Å². The van der Waals surface area contributed by atoms with Crippen molar-refractivity contribution < 1.29 is 14.7 Å². The third-order valence-electron chi connectivity index (χ3n) is 4.42. The molecule has 2 aromatic heterocycles. The fourth-order valence-corrected chi connectivity index (χ4v) is 3.20. The zero-order valence-corrected chi connectivity index (χ0v) is 12.8. The lowest BCUT2D eigenvalue weighted by Crippen LogP contribution is -2.40. The second-order valence-electron chi connectivity index (χ2n) is 5.89.